The maximum Gasteiger partial charge on any atom is 0.338 e. The summed E-state index contributed by atoms with van der Waals surface area (Å²) in [4.78, 5) is 14.2. The van der Waals surface area contributed by atoms with Crippen LogP contribution in [0, 0.1) is 0 Å². The third-order valence-corrected chi connectivity index (χ3v) is 3.47. The van der Waals surface area contributed by atoms with Crippen molar-refractivity contribution in [2.24, 2.45) is 0 Å². The second-order valence-corrected chi connectivity index (χ2v) is 5.74. The van der Waals surface area contributed by atoms with Gasteiger partial charge in [0.2, 0.25) is 0 Å². The summed E-state index contributed by atoms with van der Waals surface area (Å²) in [5.41, 5.74) is 2.73. The van der Waals surface area contributed by atoms with Crippen molar-refractivity contribution in [3.63, 3.8) is 0 Å². The molecule has 1 N–H and O–H groups in total. The number of esters is 1. The van der Waals surface area contributed by atoms with Crippen LogP contribution in [-0.4, -0.2) is 38.1 Å². The minimum absolute atomic E-state index is 0.291. The van der Waals surface area contributed by atoms with Gasteiger partial charge in [-0.3, -0.25) is 0 Å². The molecular formula is C19H24N2O2. The largest absolute Gasteiger partial charge is 0.457 e. The molecule has 23 heavy (non-hydrogen) atoms. The van der Waals surface area contributed by atoms with Crippen LogP contribution >= 0.6 is 0 Å². The summed E-state index contributed by atoms with van der Waals surface area (Å²) in [7, 11) is 4.11. The standard InChI is InChI=1S/C19H24N2O2/c1-21(2)13-12-20-14-16-8-10-18(11-9-16)19(22)23-15-17-6-4-3-5-7-17/h3-11,20H,12-15H2,1-2H3. The van der Waals surface area contributed by atoms with E-state index in [0.717, 1.165) is 30.8 Å². The molecule has 122 valence electrons. The zero-order valence-electron chi connectivity index (χ0n) is 13.8. The minimum atomic E-state index is -0.291. The summed E-state index contributed by atoms with van der Waals surface area (Å²) >= 11 is 0. The third-order valence-electron chi connectivity index (χ3n) is 3.47. The first-order valence-corrected chi connectivity index (χ1v) is 7.80. The lowest BCUT2D eigenvalue weighted by atomic mass is 10.1. The first kappa shape index (κ1) is 17.2. The normalized spacial score (nSPS) is 10.7. The minimum Gasteiger partial charge on any atom is -0.457 e. The molecule has 0 heterocycles. The van der Waals surface area contributed by atoms with Crippen molar-refractivity contribution in [1.82, 2.24) is 10.2 Å². The highest BCUT2D eigenvalue weighted by atomic mass is 16.5. The highest BCUT2D eigenvalue weighted by molar-refractivity contribution is 5.89. The van der Waals surface area contributed by atoms with Gasteiger partial charge in [0.15, 0.2) is 0 Å². The molecule has 0 atom stereocenters. The molecule has 0 aromatic heterocycles. The molecule has 0 saturated heterocycles. The Morgan fingerprint density at radius 3 is 2.35 bits per heavy atom. The fourth-order valence-corrected chi connectivity index (χ4v) is 2.10. The van der Waals surface area contributed by atoms with E-state index >= 15 is 0 Å². The van der Waals surface area contributed by atoms with Gasteiger partial charge < -0.3 is 15.0 Å². The number of rotatable bonds is 8. The number of likely N-dealkylation sites (N-methyl/N-ethyl adjacent to an activating group) is 1. The van der Waals surface area contributed by atoms with Crippen LogP contribution in [0.2, 0.25) is 0 Å². The topological polar surface area (TPSA) is 41.6 Å². The zero-order chi connectivity index (χ0) is 16.5. The SMILES string of the molecule is CN(C)CCNCc1ccc(C(=O)OCc2ccccc2)cc1. The van der Waals surface area contributed by atoms with E-state index in [9.17, 15) is 4.79 Å². The first-order chi connectivity index (χ1) is 11.1. The summed E-state index contributed by atoms with van der Waals surface area (Å²) < 4.78 is 5.32. The van der Waals surface area contributed by atoms with Gasteiger partial charge in [-0.15, -0.1) is 0 Å². The summed E-state index contributed by atoms with van der Waals surface area (Å²) in [6, 6.07) is 17.2. The second kappa shape index (κ2) is 9.08. The summed E-state index contributed by atoms with van der Waals surface area (Å²) in [5.74, 6) is -0.291. The molecule has 0 unspecified atom stereocenters. The zero-order valence-corrected chi connectivity index (χ0v) is 13.8. The van der Waals surface area contributed by atoms with Gasteiger partial charge in [-0.1, -0.05) is 42.5 Å². The maximum absolute atomic E-state index is 12.0. The van der Waals surface area contributed by atoms with Crippen LogP contribution in [0.25, 0.3) is 0 Å². The Balaban J connectivity index is 1.78. The Bertz CT molecular complexity index is 595. The number of ether oxygens (including phenoxy) is 1. The number of carbonyl (C=O) groups is 1. The van der Waals surface area contributed by atoms with Crippen molar-refractivity contribution in [2.45, 2.75) is 13.2 Å². The molecule has 0 fully saturated rings. The molecule has 2 rings (SSSR count). The van der Waals surface area contributed by atoms with Crippen molar-refractivity contribution in [3.05, 3.63) is 71.3 Å². The Kier molecular flexibility index (Phi) is 6.78. The molecule has 4 heteroatoms. The predicted octanol–water partition coefficient (Wildman–Crippen LogP) is 2.69. The quantitative estimate of drug-likeness (QED) is 0.601. The van der Waals surface area contributed by atoms with E-state index in [1.807, 2.05) is 54.6 Å². The van der Waals surface area contributed by atoms with E-state index in [0.29, 0.717) is 12.2 Å². The molecular weight excluding hydrogens is 288 g/mol. The van der Waals surface area contributed by atoms with E-state index in [1.54, 1.807) is 0 Å². The maximum atomic E-state index is 12.0. The average molecular weight is 312 g/mol. The van der Waals surface area contributed by atoms with Crippen LogP contribution in [0.4, 0.5) is 0 Å². The van der Waals surface area contributed by atoms with Crippen LogP contribution < -0.4 is 5.32 Å². The highest BCUT2D eigenvalue weighted by Gasteiger charge is 2.07. The number of hydrogen-bond acceptors (Lipinski definition) is 4. The van der Waals surface area contributed by atoms with Crippen molar-refractivity contribution in [2.75, 3.05) is 27.2 Å². The van der Waals surface area contributed by atoms with Crippen LogP contribution in [0.1, 0.15) is 21.5 Å². The number of benzene rings is 2. The lowest BCUT2D eigenvalue weighted by Crippen LogP contribution is -2.26. The second-order valence-electron chi connectivity index (χ2n) is 5.74. The smallest absolute Gasteiger partial charge is 0.338 e. The van der Waals surface area contributed by atoms with E-state index in [-0.39, 0.29) is 5.97 Å². The van der Waals surface area contributed by atoms with E-state index in [4.69, 9.17) is 4.74 Å². The molecule has 2 aromatic carbocycles. The average Bonchev–Trinajstić information content (AvgIpc) is 2.58. The molecule has 0 spiro atoms. The van der Waals surface area contributed by atoms with Gasteiger partial charge in [-0.05, 0) is 37.4 Å². The lowest BCUT2D eigenvalue weighted by Gasteiger charge is -2.10. The molecule has 0 aliphatic heterocycles. The Hall–Kier alpha value is -2.17. The highest BCUT2D eigenvalue weighted by Crippen LogP contribution is 2.08. The molecule has 0 saturated carbocycles. The lowest BCUT2D eigenvalue weighted by molar-refractivity contribution is 0.0472. The number of carbonyl (C=O) groups excluding carboxylic acids is 1. The Morgan fingerprint density at radius 2 is 1.70 bits per heavy atom. The summed E-state index contributed by atoms with van der Waals surface area (Å²) in [6.45, 7) is 3.04. The Morgan fingerprint density at radius 1 is 1.00 bits per heavy atom. The predicted molar refractivity (Wildman–Crippen MR) is 92.3 cm³/mol. The molecule has 0 radical (unpaired) electrons. The van der Waals surface area contributed by atoms with Crippen LogP contribution in [0.5, 0.6) is 0 Å². The number of hydrogen-bond donors (Lipinski definition) is 1. The summed E-state index contributed by atoms with van der Waals surface area (Å²) in [5, 5.41) is 3.37. The molecule has 0 aliphatic rings. The monoisotopic (exact) mass is 312 g/mol. The van der Waals surface area contributed by atoms with E-state index in [1.165, 1.54) is 0 Å². The van der Waals surface area contributed by atoms with Crippen LogP contribution in [0.3, 0.4) is 0 Å². The number of nitrogens with one attached hydrogen (secondary N) is 1. The molecule has 4 nitrogen and oxygen atoms in total. The first-order valence-electron chi connectivity index (χ1n) is 7.80. The summed E-state index contributed by atoms with van der Waals surface area (Å²) in [6.07, 6.45) is 0. The third kappa shape index (κ3) is 6.22. The van der Waals surface area contributed by atoms with Gasteiger partial charge in [0.1, 0.15) is 6.61 Å². The molecule has 0 aliphatic carbocycles. The van der Waals surface area contributed by atoms with Gasteiger partial charge in [0.25, 0.3) is 0 Å². The van der Waals surface area contributed by atoms with Gasteiger partial charge in [0, 0.05) is 19.6 Å². The van der Waals surface area contributed by atoms with Gasteiger partial charge in [0.05, 0.1) is 5.56 Å². The van der Waals surface area contributed by atoms with Gasteiger partial charge in [-0.2, -0.15) is 0 Å². The van der Waals surface area contributed by atoms with Crippen molar-refractivity contribution in [1.29, 1.82) is 0 Å². The fourth-order valence-electron chi connectivity index (χ4n) is 2.10. The van der Waals surface area contributed by atoms with Gasteiger partial charge in [-0.25, -0.2) is 4.79 Å². The van der Waals surface area contributed by atoms with Gasteiger partial charge >= 0.3 is 5.97 Å². The molecule has 2 aromatic rings. The van der Waals surface area contributed by atoms with Crippen molar-refractivity contribution >= 4 is 5.97 Å². The Labute approximate surface area is 138 Å². The van der Waals surface area contributed by atoms with E-state index < -0.39 is 0 Å². The van der Waals surface area contributed by atoms with Crippen molar-refractivity contribution < 1.29 is 9.53 Å². The van der Waals surface area contributed by atoms with Crippen LogP contribution in [-0.2, 0) is 17.9 Å². The molecule has 0 amide bonds. The molecule has 0 bridgehead atoms. The fraction of sp³-hybridized carbons (Fsp3) is 0.316. The van der Waals surface area contributed by atoms with Crippen molar-refractivity contribution in [3.8, 4) is 0 Å². The number of nitrogens with zero attached hydrogens (tertiary/aromatic N) is 1. The van der Waals surface area contributed by atoms with E-state index in [2.05, 4.69) is 24.3 Å². The van der Waals surface area contributed by atoms with Crippen LogP contribution in [0.15, 0.2) is 54.6 Å².